The van der Waals surface area contributed by atoms with E-state index >= 15 is 0 Å². The van der Waals surface area contributed by atoms with E-state index in [1.807, 2.05) is 0 Å². The van der Waals surface area contributed by atoms with E-state index in [2.05, 4.69) is 15.8 Å². The van der Waals surface area contributed by atoms with E-state index in [-0.39, 0.29) is 22.8 Å². The molecule has 2 amide bonds. The molecule has 0 saturated heterocycles. The van der Waals surface area contributed by atoms with Crippen LogP contribution in [0, 0.1) is 0 Å². The molecule has 0 fully saturated rings. The van der Waals surface area contributed by atoms with Crippen molar-refractivity contribution in [3.63, 3.8) is 0 Å². The van der Waals surface area contributed by atoms with Gasteiger partial charge in [0.05, 0.1) is 23.7 Å². The number of phenolic OH excluding ortho intramolecular Hbond substituents is 2. The van der Waals surface area contributed by atoms with Crippen molar-refractivity contribution in [2.75, 3.05) is 5.32 Å². The minimum absolute atomic E-state index is 0.121. The van der Waals surface area contributed by atoms with Crippen molar-refractivity contribution in [2.24, 2.45) is 5.10 Å². The predicted molar refractivity (Wildman–Crippen MR) is 97.9 cm³/mol. The number of amides is 2. The quantitative estimate of drug-likeness (QED) is 0.314. The number of nitrogens with zero attached hydrogens (tertiary/aromatic N) is 1. The summed E-state index contributed by atoms with van der Waals surface area (Å²) in [5.74, 6) is -1.45. The number of para-hydroxylation sites is 1. The highest BCUT2D eigenvalue weighted by Gasteiger charge is 2.15. The molecule has 1 aromatic heterocycles. The number of carbonyl (C=O) groups excluding carboxylic acids is 2. The highest BCUT2D eigenvalue weighted by Crippen LogP contribution is 2.24. The van der Waals surface area contributed by atoms with E-state index in [9.17, 15) is 19.8 Å². The Labute approximate surface area is 153 Å². The van der Waals surface area contributed by atoms with Crippen LogP contribution in [0.3, 0.4) is 0 Å². The number of hydrazone groups is 1. The van der Waals surface area contributed by atoms with Crippen molar-refractivity contribution in [1.29, 1.82) is 0 Å². The van der Waals surface area contributed by atoms with Gasteiger partial charge in [-0.1, -0.05) is 12.1 Å². The van der Waals surface area contributed by atoms with Gasteiger partial charge in [0.25, 0.3) is 11.8 Å². The van der Waals surface area contributed by atoms with Crippen LogP contribution in [0.25, 0.3) is 0 Å². The molecule has 3 aromatic rings. The third kappa shape index (κ3) is 4.31. The minimum atomic E-state index is -0.537. The summed E-state index contributed by atoms with van der Waals surface area (Å²) in [6, 6.07) is 13.7. The Morgan fingerprint density at radius 2 is 1.78 bits per heavy atom. The lowest BCUT2D eigenvalue weighted by Crippen LogP contribution is -2.21. The largest absolute Gasteiger partial charge is 0.504 e. The molecule has 0 radical (unpaired) electrons. The van der Waals surface area contributed by atoms with E-state index in [4.69, 9.17) is 4.42 Å². The molecule has 4 N–H and O–H groups in total. The van der Waals surface area contributed by atoms with Gasteiger partial charge in [-0.25, -0.2) is 5.43 Å². The molecule has 8 heteroatoms. The smallest absolute Gasteiger partial charge is 0.291 e. The van der Waals surface area contributed by atoms with Gasteiger partial charge < -0.3 is 19.9 Å². The Morgan fingerprint density at radius 3 is 2.52 bits per heavy atom. The average Bonchev–Trinajstić information content (AvgIpc) is 3.20. The zero-order chi connectivity index (χ0) is 19.2. The molecular weight excluding hydrogens is 350 g/mol. The first-order valence-electron chi connectivity index (χ1n) is 7.84. The number of phenols is 2. The Bertz CT molecular complexity index is 996. The zero-order valence-electron chi connectivity index (χ0n) is 13.9. The lowest BCUT2D eigenvalue weighted by Gasteiger charge is -2.08. The lowest BCUT2D eigenvalue weighted by atomic mass is 10.1. The third-order valence-corrected chi connectivity index (χ3v) is 3.54. The second-order valence-electron chi connectivity index (χ2n) is 5.42. The normalized spacial score (nSPS) is 10.7. The number of hydrogen-bond acceptors (Lipinski definition) is 6. The standard InChI is InChI=1S/C19H15N3O5/c23-15-8-7-12(10-16(15)24)11-20-22-18(25)13-4-1-2-5-14(13)21-19(26)17-6-3-9-27-17/h1-11,23-24H,(H,21,26)(H,22,25). The number of benzene rings is 2. The van der Waals surface area contributed by atoms with Gasteiger partial charge in [-0.05, 0) is 48.0 Å². The van der Waals surface area contributed by atoms with Crippen LogP contribution < -0.4 is 10.7 Å². The van der Waals surface area contributed by atoms with Crippen LogP contribution in [-0.2, 0) is 0 Å². The molecule has 0 bridgehead atoms. The van der Waals surface area contributed by atoms with Gasteiger partial charge >= 0.3 is 0 Å². The van der Waals surface area contributed by atoms with Crippen molar-refractivity contribution in [3.8, 4) is 11.5 Å². The van der Waals surface area contributed by atoms with Gasteiger partial charge in [-0.2, -0.15) is 5.10 Å². The summed E-state index contributed by atoms with van der Waals surface area (Å²) in [7, 11) is 0. The van der Waals surface area contributed by atoms with Gasteiger partial charge in [0.2, 0.25) is 0 Å². The average molecular weight is 365 g/mol. The summed E-state index contributed by atoms with van der Waals surface area (Å²) in [5.41, 5.74) is 3.33. The highest BCUT2D eigenvalue weighted by molar-refractivity contribution is 6.07. The summed E-state index contributed by atoms with van der Waals surface area (Å²) in [5, 5.41) is 25.1. The summed E-state index contributed by atoms with van der Waals surface area (Å²) in [6.07, 6.45) is 2.68. The van der Waals surface area contributed by atoms with Crippen LogP contribution in [0.4, 0.5) is 5.69 Å². The van der Waals surface area contributed by atoms with Crippen LogP contribution in [-0.4, -0.2) is 28.2 Å². The van der Waals surface area contributed by atoms with E-state index in [1.54, 1.807) is 24.3 Å². The first-order valence-corrected chi connectivity index (χ1v) is 7.84. The predicted octanol–water partition coefficient (Wildman–Crippen LogP) is 2.71. The topological polar surface area (TPSA) is 124 Å². The third-order valence-electron chi connectivity index (χ3n) is 3.54. The maximum absolute atomic E-state index is 12.4. The molecule has 2 aromatic carbocycles. The molecule has 0 aliphatic rings. The number of rotatable bonds is 5. The molecule has 1 heterocycles. The summed E-state index contributed by atoms with van der Waals surface area (Å²) < 4.78 is 5.03. The summed E-state index contributed by atoms with van der Waals surface area (Å²) in [4.78, 5) is 24.5. The van der Waals surface area contributed by atoms with Crippen molar-refractivity contribution in [3.05, 3.63) is 77.7 Å². The number of nitrogens with one attached hydrogen (secondary N) is 2. The Hall–Kier alpha value is -4.07. The van der Waals surface area contributed by atoms with Gasteiger partial charge in [-0.3, -0.25) is 9.59 Å². The molecule has 0 aliphatic carbocycles. The maximum atomic E-state index is 12.4. The van der Waals surface area contributed by atoms with Crippen LogP contribution in [0.2, 0.25) is 0 Å². The molecule has 136 valence electrons. The second kappa shape index (κ2) is 7.87. The van der Waals surface area contributed by atoms with Crippen LogP contribution in [0.5, 0.6) is 11.5 Å². The fourth-order valence-electron chi connectivity index (χ4n) is 2.23. The molecule has 0 unspecified atom stereocenters. The molecule has 8 nitrogen and oxygen atoms in total. The van der Waals surface area contributed by atoms with Crippen LogP contribution in [0.15, 0.2) is 70.4 Å². The van der Waals surface area contributed by atoms with Crippen LogP contribution in [0.1, 0.15) is 26.5 Å². The number of furan rings is 1. The van der Waals surface area contributed by atoms with Crippen LogP contribution >= 0.6 is 0 Å². The molecule has 0 aliphatic heterocycles. The molecule has 0 atom stereocenters. The Balaban J connectivity index is 1.70. The Kier molecular flexibility index (Phi) is 5.17. The van der Waals surface area contributed by atoms with Crippen molar-refractivity contribution < 1.29 is 24.2 Å². The molecule has 0 saturated carbocycles. The zero-order valence-corrected chi connectivity index (χ0v) is 13.9. The monoisotopic (exact) mass is 365 g/mol. The van der Waals surface area contributed by atoms with E-state index in [0.29, 0.717) is 11.3 Å². The number of carbonyl (C=O) groups is 2. The minimum Gasteiger partial charge on any atom is -0.504 e. The van der Waals surface area contributed by atoms with E-state index < -0.39 is 11.8 Å². The van der Waals surface area contributed by atoms with Crippen molar-refractivity contribution >= 4 is 23.7 Å². The molecule has 3 rings (SSSR count). The highest BCUT2D eigenvalue weighted by atomic mass is 16.3. The van der Waals surface area contributed by atoms with Gasteiger partial charge in [-0.15, -0.1) is 0 Å². The van der Waals surface area contributed by atoms with Gasteiger partial charge in [0.1, 0.15) is 0 Å². The fourth-order valence-corrected chi connectivity index (χ4v) is 2.23. The molecule has 27 heavy (non-hydrogen) atoms. The Morgan fingerprint density at radius 1 is 0.963 bits per heavy atom. The lowest BCUT2D eigenvalue weighted by molar-refractivity contribution is 0.0956. The summed E-state index contributed by atoms with van der Waals surface area (Å²) in [6.45, 7) is 0. The SMILES string of the molecule is O=C(Nc1ccccc1C(=O)NN=Cc1ccc(O)c(O)c1)c1ccco1. The number of aromatic hydroxyl groups is 2. The van der Waals surface area contributed by atoms with E-state index in [0.717, 1.165) is 0 Å². The maximum Gasteiger partial charge on any atom is 0.291 e. The van der Waals surface area contributed by atoms with Crippen molar-refractivity contribution in [2.45, 2.75) is 0 Å². The first-order chi connectivity index (χ1) is 13.0. The van der Waals surface area contributed by atoms with Crippen molar-refractivity contribution in [1.82, 2.24) is 5.43 Å². The molecular formula is C19H15N3O5. The van der Waals surface area contributed by atoms with Gasteiger partial charge in [0.15, 0.2) is 17.3 Å². The van der Waals surface area contributed by atoms with E-state index in [1.165, 1.54) is 42.8 Å². The molecule has 0 spiro atoms. The number of hydrogen-bond donors (Lipinski definition) is 4. The summed E-state index contributed by atoms with van der Waals surface area (Å²) >= 11 is 0. The first kappa shape index (κ1) is 17.7. The number of anilines is 1. The second-order valence-corrected chi connectivity index (χ2v) is 5.42. The van der Waals surface area contributed by atoms with Gasteiger partial charge in [0, 0.05) is 0 Å². The fraction of sp³-hybridized carbons (Fsp3) is 0.